The summed E-state index contributed by atoms with van der Waals surface area (Å²) in [6.07, 6.45) is 4.04. The van der Waals surface area contributed by atoms with Crippen molar-refractivity contribution in [1.29, 1.82) is 0 Å². The Morgan fingerprint density at radius 3 is 2.27 bits per heavy atom. The zero-order valence-electron chi connectivity index (χ0n) is 12.1. The van der Waals surface area contributed by atoms with E-state index in [1.54, 1.807) is 0 Å². The highest BCUT2D eigenvalue weighted by molar-refractivity contribution is 7.90. The molecule has 0 amide bonds. The Labute approximate surface area is 131 Å². The van der Waals surface area contributed by atoms with E-state index in [-0.39, 0.29) is 28.3 Å². The largest absolute Gasteiger partial charge is 0.329 e. The van der Waals surface area contributed by atoms with E-state index in [9.17, 15) is 16.8 Å². The number of primary sulfonamides is 1. The molecule has 1 aliphatic carbocycles. The van der Waals surface area contributed by atoms with Gasteiger partial charge < -0.3 is 5.73 Å². The fraction of sp³-hybridized carbons (Fsp3) is 0.538. The molecule has 1 aromatic rings. The van der Waals surface area contributed by atoms with Crippen molar-refractivity contribution in [3.05, 3.63) is 24.3 Å². The minimum absolute atomic E-state index is 0.129. The van der Waals surface area contributed by atoms with Gasteiger partial charge in [-0.25, -0.2) is 26.7 Å². The predicted molar refractivity (Wildman–Crippen MR) is 82.9 cm³/mol. The van der Waals surface area contributed by atoms with Gasteiger partial charge in [-0.15, -0.1) is 0 Å². The molecule has 22 heavy (non-hydrogen) atoms. The molecule has 124 valence electrons. The van der Waals surface area contributed by atoms with Gasteiger partial charge in [-0.3, -0.25) is 0 Å². The Balaban J connectivity index is 2.26. The maximum atomic E-state index is 12.4. The number of hydrogen-bond donors (Lipinski definition) is 3. The quantitative estimate of drug-likeness (QED) is 0.673. The van der Waals surface area contributed by atoms with Crippen molar-refractivity contribution >= 4 is 20.0 Å². The van der Waals surface area contributed by atoms with Crippen LogP contribution in [0.4, 0.5) is 0 Å². The highest BCUT2D eigenvalue weighted by Crippen LogP contribution is 2.28. The maximum Gasteiger partial charge on any atom is 0.240 e. The van der Waals surface area contributed by atoms with Gasteiger partial charge in [0, 0.05) is 12.6 Å². The number of rotatable bonds is 6. The highest BCUT2D eigenvalue weighted by atomic mass is 32.2. The van der Waals surface area contributed by atoms with Crippen molar-refractivity contribution in [2.75, 3.05) is 6.54 Å². The highest BCUT2D eigenvalue weighted by Gasteiger charge is 2.28. The van der Waals surface area contributed by atoms with Crippen molar-refractivity contribution in [3.8, 4) is 0 Å². The van der Waals surface area contributed by atoms with Crippen molar-refractivity contribution in [2.45, 2.75) is 41.5 Å². The summed E-state index contributed by atoms with van der Waals surface area (Å²) in [5.41, 5.74) is 5.69. The molecule has 1 aromatic carbocycles. The molecular weight excluding hydrogens is 326 g/mol. The molecule has 1 saturated carbocycles. The van der Waals surface area contributed by atoms with Gasteiger partial charge in [0.1, 0.15) is 0 Å². The number of nitrogens with one attached hydrogen (secondary N) is 1. The molecule has 0 spiro atoms. The fourth-order valence-corrected chi connectivity index (χ4v) is 4.78. The van der Waals surface area contributed by atoms with Crippen LogP contribution in [-0.4, -0.2) is 29.4 Å². The Kier molecular flexibility index (Phi) is 5.23. The molecule has 0 radical (unpaired) electrons. The van der Waals surface area contributed by atoms with Crippen molar-refractivity contribution in [3.63, 3.8) is 0 Å². The Bertz CT molecular complexity index is 725. The topological polar surface area (TPSA) is 132 Å². The SMILES string of the molecule is NCC(NS(=O)(=O)c1cccc(S(N)(=O)=O)c1)C1CCCC1. The average molecular weight is 347 g/mol. The molecule has 2 rings (SSSR count). The zero-order chi connectivity index (χ0) is 16.4. The molecule has 0 aromatic heterocycles. The smallest absolute Gasteiger partial charge is 0.240 e. The normalized spacial score (nSPS) is 18.5. The Hall–Kier alpha value is -1.00. The molecule has 5 N–H and O–H groups in total. The molecule has 0 aliphatic heterocycles. The lowest BCUT2D eigenvalue weighted by Crippen LogP contribution is -2.44. The predicted octanol–water partition coefficient (Wildman–Crippen LogP) is 0.130. The van der Waals surface area contributed by atoms with Crippen molar-refractivity contribution in [2.24, 2.45) is 16.8 Å². The van der Waals surface area contributed by atoms with E-state index in [1.165, 1.54) is 18.2 Å². The third-order valence-electron chi connectivity index (χ3n) is 3.97. The number of hydrogen-bond acceptors (Lipinski definition) is 5. The van der Waals surface area contributed by atoms with Crippen LogP contribution in [0.3, 0.4) is 0 Å². The van der Waals surface area contributed by atoms with Gasteiger partial charge in [0.2, 0.25) is 20.0 Å². The van der Waals surface area contributed by atoms with Gasteiger partial charge >= 0.3 is 0 Å². The van der Waals surface area contributed by atoms with Crippen LogP contribution in [0.1, 0.15) is 25.7 Å². The first-order valence-electron chi connectivity index (χ1n) is 7.09. The van der Waals surface area contributed by atoms with Gasteiger partial charge in [-0.2, -0.15) is 0 Å². The van der Waals surface area contributed by atoms with Crippen LogP contribution in [0.5, 0.6) is 0 Å². The average Bonchev–Trinajstić information content (AvgIpc) is 2.98. The van der Waals surface area contributed by atoms with E-state index >= 15 is 0 Å². The standard InChI is InChI=1S/C13H21N3O4S2/c14-9-13(10-4-1-2-5-10)16-22(19,20)12-7-3-6-11(8-12)21(15,17)18/h3,6-8,10,13,16H,1-2,4-5,9,14H2,(H2,15,17,18). The summed E-state index contributed by atoms with van der Waals surface area (Å²) < 4.78 is 50.1. The van der Waals surface area contributed by atoms with Crippen LogP contribution in [0, 0.1) is 5.92 Å². The van der Waals surface area contributed by atoms with Gasteiger partial charge in [0.25, 0.3) is 0 Å². The molecule has 0 saturated heterocycles. The molecule has 1 atom stereocenters. The fourth-order valence-electron chi connectivity index (χ4n) is 2.78. The summed E-state index contributed by atoms with van der Waals surface area (Å²) >= 11 is 0. The summed E-state index contributed by atoms with van der Waals surface area (Å²) in [4.78, 5) is -0.365. The first-order valence-corrected chi connectivity index (χ1v) is 10.1. The second-order valence-corrected chi connectivity index (χ2v) is 8.80. The third-order valence-corrected chi connectivity index (χ3v) is 6.37. The molecule has 1 unspecified atom stereocenters. The second-order valence-electron chi connectivity index (χ2n) is 5.53. The van der Waals surface area contributed by atoms with Gasteiger partial charge in [-0.05, 0) is 37.0 Å². The van der Waals surface area contributed by atoms with E-state index < -0.39 is 20.0 Å². The lowest BCUT2D eigenvalue weighted by molar-refractivity contribution is 0.405. The Morgan fingerprint density at radius 2 is 1.73 bits per heavy atom. The van der Waals surface area contributed by atoms with Crippen LogP contribution in [0.25, 0.3) is 0 Å². The van der Waals surface area contributed by atoms with E-state index in [2.05, 4.69) is 4.72 Å². The number of nitrogens with two attached hydrogens (primary N) is 2. The maximum absolute atomic E-state index is 12.4. The first kappa shape index (κ1) is 17.4. The van der Waals surface area contributed by atoms with Crippen LogP contribution in [0.2, 0.25) is 0 Å². The molecule has 1 fully saturated rings. The van der Waals surface area contributed by atoms with E-state index in [1.807, 2.05) is 0 Å². The summed E-state index contributed by atoms with van der Waals surface area (Å²) in [7, 11) is -7.79. The molecule has 0 heterocycles. The van der Waals surface area contributed by atoms with Crippen molar-refractivity contribution < 1.29 is 16.8 Å². The minimum Gasteiger partial charge on any atom is -0.329 e. The summed E-state index contributed by atoms with van der Waals surface area (Å²) in [5, 5.41) is 5.03. The summed E-state index contributed by atoms with van der Waals surface area (Å²) in [6, 6.07) is 4.65. The van der Waals surface area contributed by atoms with Crippen LogP contribution < -0.4 is 15.6 Å². The summed E-state index contributed by atoms with van der Waals surface area (Å²) in [5.74, 6) is 0.223. The second kappa shape index (κ2) is 6.63. The number of sulfonamides is 2. The van der Waals surface area contributed by atoms with Crippen LogP contribution >= 0.6 is 0 Å². The minimum atomic E-state index is -3.95. The van der Waals surface area contributed by atoms with E-state index in [4.69, 9.17) is 10.9 Å². The first-order chi connectivity index (χ1) is 10.2. The Morgan fingerprint density at radius 1 is 1.14 bits per heavy atom. The molecule has 7 nitrogen and oxygen atoms in total. The van der Waals surface area contributed by atoms with Gasteiger partial charge in [0.15, 0.2) is 0 Å². The van der Waals surface area contributed by atoms with Crippen molar-refractivity contribution in [1.82, 2.24) is 4.72 Å². The van der Waals surface area contributed by atoms with Gasteiger partial charge in [-0.1, -0.05) is 18.9 Å². The zero-order valence-corrected chi connectivity index (χ0v) is 13.7. The lowest BCUT2D eigenvalue weighted by atomic mass is 9.99. The molecule has 1 aliphatic rings. The summed E-state index contributed by atoms with van der Waals surface area (Å²) in [6.45, 7) is 0.207. The van der Waals surface area contributed by atoms with Crippen LogP contribution in [0.15, 0.2) is 34.1 Å². The third kappa shape index (κ3) is 4.05. The van der Waals surface area contributed by atoms with Crippen LogP contribution in [-0.2, 0) is 20.0 Å². The lowest BCUT2D eigenvalue weighted by Gasteiger charge is -2.23. The monoisotopic (exact) mass is 347 g/mol. The van der Waals surface area contributed by atoms with E-state index in [0.29, 0.717) is 0 Å². The van der Waals surface area contributed by atoms with Gasteiger partial charge in [0.05, 0.1) is 9.79 Å². The number of benzene rings is 1. The molecule has 0 bridgehead atoms. The van der Waals surface area contributed by atoms with E-state index in [0.717, 1.165) is 31.7 Å². The molecular formula is C13H21N3O4S2. The molecule has 9 heteroatoms.